The highest BCUT2D eigenvalue weighted by atomic mass is 35.5. The van der Waals surface area contributed by atoms with Crippen molar-refractivity contribution < 1.29 is 4.79 Å². The highest BCUT2D eigenvalue weighted by Crippen LogP contribution is 2.18. The Morgan fingerprint density at radius 2 is 1.71 bits per heavy atom. The van der Waals surface area contributed by atoms with Crippen molar-refractivity contribution in [3.05, 3.63) is 28.0 Å². The van der Waals surface area contributed by atoms with Crippen LogP contribution in [0.4, 0.5) is 0 Å². The fourth-order valence-corrected chi connectivity index (χ4v) is 1.88. The number of halogens is 2. The van der Waals surface area contributed by atoms with Crippen molar-refractivity contribution in [3.63, 3.8) is 0 Å². The number of nitrogens with zero attached hydrogens (tertiary/aromatic N) is 2. The minimum Gasteiger partial charge on any atom is -0.339 e. The Kier molecular flexibility index (Phi) is 4.78. The average molecular weight is 275 g/mol. The van der Waals surface area contributed by atoms with E-state index in [1.165, 1.54) is 12.1 Å². The fourth-order valence-electron chi connectivity index (χ4n) is 1.42. The Labute approximate surface area is 112 Å². The second kappa shape index (κ2) is 5.69. The van der Waals surface area contributed by atoms with Gasteiger partial charge in [0.15, 0.2) is 0 Å². The molecule has 0 aliphatic rings. The SMILES string of the molecule is CC(C)C(C)N(C)C(=O)c1cc(Cl)nc(Cl)c1. The summed E-state index contributed by atoms with van der Waals surface area (Å²) in [6.07, 6.45) is 0. The molecule has 0 spiro atoms. The molecule has 1 amide bonds. The molecule has 5 heteroatoms. The van der Waals surface area contributed by atoms with Crippen LogP contribution in [0.3, 0.4) is 0 Å². The first kappa shape index (κ1) is 14.3. The van der Waals surface area contributed by atoms with Gasteiger partial charge in [-0.3, -0.25) is 4.79 Å². The van der Waals surface area contributed by atoms with Crippen LogP contribution in [0.2, 0.25) is 10.3 Å². The number of carbonyl (C=O) groups is 1. The topological polar surface area (TPSA) is 33.2 Å². The van der Waals surface area contributed by atoms with Gasteiger partial charge in [0.25, 0.3) is 5.91 Å². The normalized spacial score (nSPS) is 12.6. The predicted octanol–water partition coefficient (Wildman–Crippen LogP) is 3.50. The molecule has 0 fully saturated rings. The Morgan fingerprint density at radius 1 is 1.24 bits per heavy atom. The van der Waals surface area contributed by atoms with Crippen molar-refractivity contribution in [3.8, 4) is 0 Å². The first-order valence-electron chi connectivity index (χ1n) is 5.43. The van der Waals surface area contributed by atoms with Gasteiger partial charge in [-0.1, -0.05) is 37.0 Å². The van der Waals surface area contributed by atoms with Gasteiger partial charge >= 0.3 is 0 Å². The molecule has 0 saturated heterocycles. The number of aromatic nitrogens is 1. The van der Waals surface area contributed by atoms with Crippen LogP contribution in [0.1, 0.15) is 31.1 Å². The second-order valence-electron chi connectivity index (χ2n) is 4.40. The van der Waals surface area contributed by atoms with E-state index in [4.69, 9.17) is 23.2 Å². The average Bonchev–Trinajstić information content (AvgIpc) is 2.24. The maximum Gasteiger partial charge on any atom is 0.254 e. The molecule has 0 N–H and O–H groups in total. The van der Waals surface area contributed by atoms with E-state index in [0.29, 0.717) is 11.5 Å². The van der Waals surface area contributed by atoms with Crippen LogP contribution in [0.5, 0.6) is 0 Å². The minimum atomic E-state index is -0.0996. The summed E-state index contributed by atoms with van der Waals surface area (Å²) in [5.74, 6) is 0.286. The molecular weight excluding hydrogens is 259 g/mol. The van der Waals surface area contributed by atoms with E-state index in [0.717, 1.165) is 0 Å². The van der Waals surface area contributed by atoms with Gasteiger partial charge in [-0.2, -0.15) is 0 Å². The summed E-state index contributed by atoms with van der Waals surface area (Å²) >= 11 is 11.5. The summed E-state index contributed by atoms with van der Waals surface area (Å²) in [6.45, 7) is 6.15. The molecule has 94 valence electrons. The largest absolute Gasteiger partial charge is 0.339 e. The van der Waals surface area contributed by atoms with Crippen molar-refractivity contribution in [2.75, 3.05) is 7.05 Å². The molecule has 1 atom stereocenters. The summed E-state index contributed by atoms with van der Waals surface area (Å²) in [4.78, 5) is 17.7. The first-order valence-corrected chi connectivity index (χ1v) is 6.18. The van der Waals surface area contributed by atoms with Gasteiger partial charge in [0, 0.05) is 18.7 Å². The van der Waals surface area contributed by atoms with E-state index in [-0.39, 0.29) is 22.3 Å². The fraction of sp³-hybridized carbons (Fsp3) is 0.500. The zero-order valence-electron chi connectivity index (χ0n) is 10.4. The van der Waals surface area contributed by atoms with E-state index in [1.807, 2.05) is 6.92 Å². The number of rotatable bonds is 3. The third kappa shape index (κ3) is 3.58. The summed E-state index contributed by atoms with van der Waals surface area (Å²) in [7, 11) is 1.77. The number of hydrogen-bond donors (Lipinski definition) is 0. The zero-order chi connectivity index (χ0) is 13.2. The van der Waals surface area contributed by atoms with Crippen LogP contribution < -0.4 is 0 Å². The van der Waals surface area contributed by atoms with Crippen molar-refractivity contribution in [2.45, 2.75) is 26.8 Å². The van der Waals surface area contributed by atoms with Crippen LogP contribution in [-0.2, 0) is 0 Å². The van der Waals surface area contributed by atoms with E-state index >= 15 is 0 Å². The lowest BCUT2D eigenvalue weighted by atomic mass is 10.0. The molecule has 0 saturated carbocycles. The van der Waals surface area contributed by atoms with Gasteiger partial charge in [-0.25, -0.2) is 4.98 Å². The van der Waals surface area contributed by atoms with Crippen molar-refractivity contribution in [1.82, 2.24) is 9.88 Å². The Morgan fingerprint density at radius 3 is 2.12 bits per heavy atom. The van der Waals surface area contributed by atoms with Crippen molar-refractivity contribution in [2.24, 2.45) is 5.92 Å². The summed E-state index contributed by atoms with van der Waals surface area (Å²) < 4.78 is 0. The monoisotopic (exact) mass is 274 g/mol. The molecule has 0 bridgehead atoms. The number of hydrogen-bond acceptors (Lipinski definition) is 2. The van der Waals surface area contributed by atoms with Crippen LogP contribution in [0.15, 0.2) is 12.1 Å². The summed E-state index contributed by atoms with van der Waals surface area (Å²) in [5, 5.41) is 0.456. The summed E-state index contributed by atoms with van der Waals surface area (Å²) in [5.41, 5.74) is 0.463. The molecule has 0 radical (unpaired) electrons. The summed E-state index contributed by atoms with van der Waals surface area (Å²) in [6, 6.07) is 3.20. The van der Waals surface area contributed by atoms with E-state index in [1.54, 1.807) is 11.9 Å². The van der Waals surface area contributed by atoms with Crippen LogP contribution in [0.25, 0.3) is 0 Å². The molecule has 1 aromatic rings. The van der Waals surface area contributed by atoms with Gasteiger partial charge in [0.05, 0.1) is 0 Å². The van der Waals surface area contributed by atoms with Gasteiger partial charge in [0.1, 0.15) is 10.3 Å². The molecule has 17 heavy (non-hydrogen) atoms. The lowest BCUT2D eigenvalue weighted by Gasteiger charge is -2.28. The molecule has 0 aliphatic carbocycles. The van der Waals surface area contributed by atoms with Gasteiger partial charge in [-0.05, 0) is 25.0 Å². The maximum atomic E-state index is 12.2. The van der Waals surface area contributed by atoms with Gasteiger partial charge in [0.2, 0.25) is 0 Å². The highest BCUT2D eigenvalue weighted by Gasteiger charge is 2.20. The van der Waals surface area contributed by atoms with E-state index < -0.39 is 0 Å². The quantitative estimate of drug-likeness (QED) is 0.791. The van der Waals surface area contributed by atoms with Crippen LogP contribution in [-0.4, -0.2) is 28.9 Å². The third-order valence-corrected chi connectivity index (χ3v) is 3.29. The lowest BCUT2D eigenvalue weighted by molar-refractivity contribution is 0.0707. The Hall–Kier alpha value is -0.800. The number of carbonyl (C=O) groups excluding carboxylic acids is 1. The minimum absolute atomic E-state index is 0.0996. The molecule has 0 aliphatic heterocycles. The smallest absolute Gasteiger partial charge is 0.254 e. The molecule has 1 rings (SSSR count). The standard InChI is InChI=1S/C12H16Cl2N2O/c1-7(2)8(3)16(4)12(17)9-5-10(13)15-11(14)6-9/h5-8H,1-4H3. The molecule has 1 aromatic heterocycles. The Balaban J connectivity index is 2.96. The predicted molar refractivity (Wildman–Crippen MR) is 70.7 cm³/mol. The molecule has 3 nitrogen and oxygen atoms in total. The van der Waals surface area contributed by atoms with Gasteiger partial charge < -0.3 is 4.90 Å². The maximum absolute atomic E-state index is 12.2. The third-order valence-electron chi connectivity index (χ3n) is 2.91. The van der Waals surface area contributed by atoms with Crippen LogP contribution >= 0.6 is 23.2 Å². The molecule has 1 heterocycles. The first-order chi connectivity index (χ1) is 7.82. The lowest BCUT2D eigenvalue weighted by Crippen LogP contribution is -2.38. The highest BCUT2D eigenvalue weighted by molar-refractivity contribution is 6.33. The van der Waals surface area contributed by atoms with Crippen molar-refractivity contribution in [1.29, 1.82) is 0 Å². The number of amides is 1. The molecule has 0 aromatic carbocycles. The second-order valence-corrected chi connectivity index (χ2v) is 5.18. The van der Waals surface area contributed by atoms with E-state index in [9.17, 15) is 4.79 Å². The molecular formula is C12H16Cl2N2O. The van der Waals surface area contributed by atoms with Crippen molar-refractivity contribution >= 4 is 29.1 Å². The zero-order valence-corrected chi connectivity index (χ0v) is 11.9. The van der Waals surface area contributed by atoms with Gasteiger partial charge in [-0.15, -0.1) is 0 Å². The number of pyridine rings is 1. The Bertz CT molecular complexity index is 401. The van der Waals surface area contributed by atoms with E-state index in [2.05, 4.69) is 18.8 Å². The van der Waals surface area contributed by atoms with Crippen LogP contribution in [0, 0.1) is 5.92 Å². The molecule has 1 unspecified atom stereocenters.